The zero-order valence-corrected chi connectivity index (χ0v) is 14.7. The molecule has 4 nitrogen and oxygen atoms in total. The minimum Gasteiger partial charge on any atom is -0.479 e. The van der Waals surface area contributed by atoms with E-state index in [0.29, 0.717) is 27.6 Å². The smallest absolute Gasteiger partial charge is 0.263 e. The van der Waals surface area contributed by atoms with E-state index in [1.54, 1.807) is 25.1 Å². The van der Waals surface area contributed by atoms with Crippen LogP contribution in [-0.2, 0) is 4.79 Å². The second kappa shape index (κ2) is 7.29. The average molecular weight is 357 g/mol. The Morgan fingerprint density at radius 2 is 1.91 bits per heavy atom. The van der Waals surface area contributed by atoms with Gasteiger partial charge in [-0.2, -0.15) is 0 Å². The first-order chi connectivity index (χ1) is 11.0. The number of amides is 1. The summed E-state index contributed by atoms with van der Waals surface area (Å²) in [6, 6.07) is 5.03. The van der Waals surface area contributed by atoms with E-state index >= 15 is 0 Å². The number of ether oxygens (including phenoxy) is 1. The molecule has 2 heterocycles. The third kappa shape index (κ3) is 3.93. The molecule has 2 aliphatic heterocycles. The van der Waals surface area contributed by atoms with Crippen molar-refractivity contribution in [2.24, 2.45) is 11.8 Å². The Hall–Kier alpha value is -0.970. The van der Waals surface area contributed by atoms with E-state index in [1.807, 2.05) is 4.90 Å². The summed E-state index contributed by atoms with van der Waals surface area (Å²) >= 11 is 12.0. The number of halogens is 2. The zero-order chi connectivity index (χ0) is 16.4. The van der Waals surface area contributed by atoms with E-state index in [0.717, 1.165) is 39.0 Å². The maximum atomic E-state index is 12.7. The van der Waals surface area contributed by atoms with Crippen LogP contribution in [0.2, 0.25) is 10.0 Å². The standard InChI is InChI=1S/C17H22Cl2N2O2/c1-11(23-16-3-2-14(18)8-15(16)19)17(22)21-6-4-12-9-20-10-13(12)5-7-21/h2-3,8,11-13,20H,4-7,9-10H2,1H3/t11?,12-,13+. The van der Waals surface area contributed by atoms with Crippen LogP contribution in [0, 0.1) is 11.8 Å². The number of rotatable bonds is 3. The van der Waals surface area contributed by atoms with Crippen molar-refractivity contribution in [3.8, 4) is 5.75 Å². The Labute approximate surface area is 147 Å². The van der Waals surface area contributed by atoms with Gasteiger partial charge in [0.25, 0.3) is 5.91 Å². The molecule has 0 aromatic heterocycles. The SMILES string of the molecule is CC(Oc1ccc(Cl)cc1Cl)C(=O)N1CC[C@@H]2CNC[C@@H]2CC1. The van der Waals surface area contributed by atoms with Crippen LogP contribution in [0.4, 0.5) is 0 Å². The molecule has 0 saturated carbocycles. The molecule has 0 aliphatic carbocycles. The first kappa shape index (κ1) is 16.9. The van der Waals surface area contributed by atoms with Gasteiger partial charge in [-0.3, -0.25) is 4.79 Å². The minimum absolute atomic E-state index is 0.0314. The molecule has 0 spiro atoms. The van der Waals surface area contributed by atoms with Crippen molar-refractivity contribution >= 4 is 29.1 Å². The molecule has 126 valence electrons. The van der Waals surface area contributed by atoms with E-state index < -0.39 is 6.10 Å². The van der Waals surface area contributed by atoms with E-state index in [4.69, 9.17) is 27.9 Å². The number of benzene rings is 1. The Kier molecular flexibility index (Phi) is 5.34. The third-order valence-electron chi connectivity index (χ3n) is 4.88. The van der Waals surface area contributed by atoms with Gasteiger partial charge in [-0.05, 0) is 62.9 Å². The summed E-state index contributed by atoms with van der Waals surface area (Å²) in [4.78, 5) is 14.6. The highest BCUT2D eigenvalue weighted by atomic mass is 35.5. The minimum atomic E-state index is -0.551. The lowest BCUT2D eigenvalue weighted by molar-refractivity contribution is -0.137. The first-order valence-electron chi connectivity index (χ1n) is 8.16. The molecule has 1 N–H and O–H groups in total. The molecular formula is C17H22Cl2N2O2. The van der Waals surface area contributed by atoms with Gasteiger partial charge >= 0.3 is 0 Å². The van der Waals surface area contributed by atoms with Crippen LogP contribution in [0.5, 0.6) is 5.75 Å². The molecule has 1 aromatic carbocycles. The molecule has 3 atom stereocenters. The topological polar surface area (TPSA) is 41.6 Å². The van der Waals surface area contributed by atoms with Gasteiger partial charge in [-0.15, -0.1) is 0 Å². The quantitative estimate of drug-likeness (QED) is 0.903. The molecular weight excluding hydrogens is 335 g/mol. The summed E-state index contributed by atoms with van der Waals surface area (Å²) in [6.45, 7) is 5.56. The van der Waals surface area contributed by atoms with Crippen LogP contribution in [0.1, 0.15) is 19.8 Å². The van der Waals surface area contributed by atoms with Crippen LogP contribution < -0.4 is 10.1 Å². The molecule has 1 aromatic rings. The predicted molar refractivity (Wildman–Crippen MR) is 92.2 cm³/mol. The molecule has 0 bridgehead atoms. The molecule has 23 heavy (non-hydrogen) atoms. The van der Waals surface area contributed by atoms with Crippen LogP contribution >= 0.6 is 23.2 Å². The highest BCUT2D eigenvalue weighted by Crippen LogP contribution is 2.30. The Morgan fingerprint density at radius 3 is 2.52 bits per heavy atom. The van der Waals surface area contributed by atoms with Gasteiger partial charge in [0.2, 0.25) is 0 Å². The summed E-state index contributed by atoms with van der Waals surface area (Å²) in [5.74, 6) is 1.93. The van der Waals surface area contributed by atoms with Gasteiger partial charge < -0.3 is 15.0 Å². The fourth-order valence-electron chi connectivity index (χ4n) is 3.51. The third-order valence-corrected chi connectivity index (χ3v) is 5.41. The van der Waals surface area contributed by atoms with Crippen molar-refractivity contribution in [3.63, 3.8) is 0 Å². The molecule has 0 radical (unpaired) electrons. The number of hydrogen-bond donors (Lipinski definition) is 1. The van der Waals surface area contributed by atoms with E-state index in [1.165, 1.54) is 0 Å². The second-order valence-electron chi connectivity index (χ2n) is 6.42. The maximum absolute atomic E-state index is 12.7. The van der Waals surface area contributed by atoms with Gasteiger partial charge in [0.1, 0.15) is 5.75 Å². The summed E-state index contributed by atoms with van der Waals surface area (Å²) in [5, 5.41) is 4.42. The van der Waals surface area contributed by atoms with Crippen LogP contribution in [0.15, 0.2) is 18.2 Å². The number of fused-ring (bicyclic) bond motifs is 1. The fourth-order valence-corrected chi connectivity index (χ4v) is 3.96. The molecule has 1 unspecified atom stereocenters. The number of nitrogens with zero attached hydrogens (tertiary/aromatic N) is 1. The van der Waals surface area contributed by atoms with Crippen molar-refractivity contribution in [2.75, 3.05) is 26.2 Å². The van der Waals surface area contributed by atoms with Gasteiger partial charge in [0, 0.05) is 18.1 Å². The normalized spacial score (nSPS) is 25.6. The Balaban J connectivity index is 1.60. The van der Waals surface area contributed by atoms with Crippen molar-refractivity contribution in [2.45, 2.75) is 25.9 Å². The van der Waals surface area contributed by atoms with Crippen LogP contribution in [0.25, 0.3) is 0 Å². The summed E-state index contributed by atoms with van der Waals surface area (Å²) < 4.78 is 5.76. The fraction of sp³-hybridized carbons (Fsp3) is 0.588. The monoisotopic (exact) mass is 356 g/mol. The predicted octanol–water partition coefficient (Wildman–Crippen LogP) is 3.22. The Morgan fingerprint density at radius 1 is 1.26 bits per heavy atom. The number of hydrogen-bond acceptors (Lipinski definition) is 3. The first-order valence-corrected chi connectivity index (χ1v) is 8.91. The summed E-state index contributed by atoms with van der Waals surface area (Å²) in [5.41, 5.74) is 0. The van der Waals surface area contributed by atoms with Gasteiger partial charge in [-0.25, -0.2) is 0 Å². The number of carbonyl (C=O) groups excluding carboxylic acids is 1. The van der Waals surface area contributed by atoms with Crippen molar-refractivity contribution < 1.29 is 9.53 Å². The lowest BCUT2D eigenvalue weighted by Crippen LogP contribution is -2.41. The number of nitrogens with one attached hydrogen (secondary N) is 1. The molecule has 3 rings (SSSR count). The van der Waals surface area contributed by atoms with E-state index in [-0.39, 0.29) is 5.91 Å². The molecule has 2 fully saturated rings. The average Bonchev–Trinajstić information content (AvgIpc) is 2.88. The van der Waals surface area contributed by atoms with E-state index in [9.17, 15) is 4.79 Å². The highest BCUT2D eigenvalue weighted by molar-refractivity contribution is 6.35. The summed E-state index contributed by atoms with van der Waals surface area (Å²) in [6.07, 6.45) is 1.58. The summed E-state index contributed by atoms with van der Waals surface area (Å²) in [7, 11) is 0. The second-order valence-corrected chi connectivity index (χ2v) is 7.26. The molecule has 6 heteroatoms. The number of likely N-dealkylation sites (tertiary alicyclic amines) is 1. The highest BCUT2D eigenvalue weighted by Gasteiger charge is 2.33. The molecule has 1 amide bonds. The van der Waals surface area contributed by atoms with Crippen molar-refractivity contribution in [3.05, 3.63) is 28.2 Å². The van der Waals surface area contributed by atoms with Gasteiger partial charge in [-0.1, -0.05) is 23.2 Å². The van der Waals surface area contributed by atoms with Crippen LogP contribution in [-0.4, -0.2) is 43.1 Å². The van der Waals surface area contributed by atoms with Gasteiger partial charge in [0.05, 0.1) is 5.02 Å². The maximum Gasteiger partial charge on any atom is 0.263 e. The van der Waals surface area contributed by atoms with Crippen LogP contribution in [0.3, 0.4) is 0 Å². The van der Waals surface area contributed by atoms with E-state index in [2.05, 4.69) is 5.32 Å². The molecule has 2 aliphatic rings. The Bertz CT molecular complexity index is 568. The van der Waals surface area contributed by atoms with Gasteiger partial charge in [0.15, 0.2) is 6.10 Å². The largest absolute Gasteiger partial charge is 0.479 e. The van der Waals surface area contributed by atoms with Crippen molar-refractivity contribution in [1.82, 2.24) is 10.2 Å². The zero-order valence-electron chi connectivity index (χ0n) is 13.2. The number of carbonyl (C=O) groups is 1. The van der Waals surface area contributed by atoms with Crippen molar-refractivity contribution in [1.29, 1.82) is 0 Å². The molecule has 2 saturated heterocycles. The lowest BCUT2D eigenvalue weighted by atomic mass is 9.92. The lowest BCUT2D eigenvalue weighted by Gasteiger charge is -2.25.